The third kappa shape index (κ3) is 3.54. The van der Waals surface area contributed by atoms with Gasteiger partial charge in [-0.1, -0.05) is 79.9 Å². The molecule has 110 valence electrons. The summed E-state index contributed by atoms with van der Waals surface area (Å²) in [5, 5.41) is 0. The van der Waals surface area contributed by atoms with Crippen LogP contribution in [-0.2, 0) is 16.8 Å². The van der Waals surface area contributed by atoms with Crippen LogP contribution in [0, 0.1) is 0 Å². The molecule has 2 aromatic rings. The van der Waals surface area contributed by atoms with Gasteiger partial charge < -0.3 is 4.74 Å². The average molecular weight is 280 g/mol. The van der Waals surface area contributed by atoms with Crippen LogP contribution in [0.4, 0.5) is 0 Å². The molecule has 0 saturated heterocycles. The van der Waals surface area contributed by atoms with Gasteiger partial charge in [0.1, 0.15) is 0 Å². The van der Waals surface area contributed by atoms with E-state index >= 15 is 0 Å². The van der Waals surface area contributed by atoms with Crippen molar-refractivity contribution in [2.75, 3.05) is 6.61 Å². The Kier molecular flexibility index (Phi) is 4.72. The molecule has 2 aromatic carbocycles. The minimum absolute atomic E-state index is 0.230. The predicted octanol–water partition coefficient (Wildman–Crippen LogP) is 5.11. The summed E-state index contributed by atoms with van der Waals surface area (Å²) in [7, 11) is 0. The maximum absolute atomic E-state index is 6.12. The van der Waals surface area contributed by atoms with Crippen LogP contribution in [0.25, 0.3) is 0 Å². The van der Waals surface area contributed by atoms with Gasteiger partial charge in [-0.15, -0.1) is 0 Å². The third-order valence-corrected chi connectivity index (χ3v) is 4.69. The van der Waals surface area contributed by atoms with Crippen LogP contribution in [0.5, 0.6) is 0 Å². The Bertz CT molecular complexity index is 526. The van der Waals surface area contributed by atoms with Crippen molar-refractivity contribution in [3.8, 4) is 0 Å². The van der Waals surface area contributed by atoms with Crippen molar-refractivity contribution in [2.45, 2.75) is 44.1 Å². The molecule has 1 heteroatoms. The standard InChI is InChI=1S/C20H24O/c1-4-10-18(11-5-1)16-21-17-20(14-8-3-9-15-20)19-12-6-2-7-13-19/h1-2,4-7,10-13H,3,8-9,14-17H2. The molecule has 1 saturated carbocycles. The Morgan fingerprint density at radius 3 is 2.05 bits per heavy atom. The highest BCUT2D eigenvalue weighted by Gasteiger charge is 2.33. The SMILES string of the molecule is c1ccc(COCC2(c3ccccc3)CCCCC2)cc1. The summed E-state index contributed by atoms with van der Waals surface area (Å²) in [6.45, 7) is 1.56. The van der Waals surface area contributed by atoms with Crippen molar-refractivity contribution < 1.29 is 4.74 Å². The van der Waals surface area contributed by atoms with Gasteiger partial charge in [-0.05, 0) is 24.0 Å². The van der Waals surface area contributed by atoms with E-state index in [0.717, 1.165) is 13.2 Å². The molecule has 0 N–H and O–H groups in total. The molecule has 3 rings (SSSR count). The summed E-state index contributed by atoms with van der Waals surface area (Å²) in [5.41, 5.74) is 2.95. The average Bonchev–Trinajstić information content (AvgIpc) is 2.58. The molecular weight excluding hydrogens is 256 g/mol. The van der Waals surface area contributed by atoms with Gasteiger partial charge in [-0.25, -0.2) is 0 Å². The minimum atomic E-state index is 0.230. The second-order valence-corrected chi connectivity index (χ2v) is 6.19. The van der Waals surface area contributed by atoms with Gasteiger partial charge in [-0.3, -0.25) is 0 Å². The molecule has 0 spiro atoms. The molecule has 0 aromatic heterocycles. The molecular formula is C20H24O. The maximum Gasteiger partial charge on any atom is 0.0717 e. The van der Waals surface area contributed by atoms with Crippen LogP contribution in [0.3, 0.4) is 0 Å². The fourth-order valence-corrected chi connectivity index (χ4v) is 3.48. The predicted molar refractivity (Wildman–Crippen MR) is 87.3 cm³/mol. The second kappa shape index (κ2) is 6.91. The zero-order valence-corrected chi connectivity index (χ0v) is 12.6. The Balaban J connectivity index is 1.68. The number of rotatable bonds is 5. The molecule has 21 heavy (non-hydrogen) atoms. The molecule has 0 bridgehead atoms. The van der Waals surface area contributed by atoms with Crippen molar-refractivity contribution in [3.05, 3.63) is 71.8 Å². The monoisotopic (exact) mass is 280 g/mol. The van der Waals surface area contributed by atoms with Crippen LogP contribution in [0.1, 0.15) is 43.2 Å². The van der Waals surface area contributed by atoms with Gasteiger partial charge in [0, 0.05) is 5.41 Å². The van der Waals surface area contributed by atoms with Crippen LogP contribution >= 0.6 is 0 Å². The first-order valence-electron chi connectivity index (χ1n) is 8.06. The van der Waals surface area contributed by atoms with E-state index in [2.05, 4.69) is 60.7 Å². The van der Waals surface area contributed by atoms with Crippen LogP contribution < -0.4 is 0 Å². The minimum Gasteiger partial charge on any atom is -0.376 e. The van der Waals surface area contributed by atoms with E-state index in [1.165, 1.54) is 43.2 Å². The lowest BCUT2D eigenvalue weighted by atomic mass is 9.70. The van der Waals surface area contributed by atoms with Gasteiger partial charge in [-0.2, -0.15) is 0 Å². The molecule has 0 atom stereocenters. The first kappa shape index (κ1) is 14.3. The molecule has 0 amide bonds. The summed E-state index contributed by atoms with van der Waals surface area (Å²) in [6, 6.07) is 21.4. The number of benzene rings is 2. The van der Waals surface area contributed by atoms with Crippen LogP contribution in [0.2, 0.25) is 0 Å². The molecule has 0 aliphatic heterocycles. The topological polar surface area (TPSA) is 9.23 Å². The lowest BCUT2D eigenvalue weighted by molar-refractivity contribution is 0.0535. The highest BCUT2D eigenvalue weighted by molar-refractivity contribution is 5.26. The smallest absolute Gasteiger partial charge is 0.0717 e. The first-order chi connectivity index (χ1) is 10.4. The van der Waals surface area contributed by atoms with Gasteiger partial charge in [0.15, 0.2) is 0 Å². The van der Waals surface area contributed by atoms with E-state index < -0.39 is 0 Å². The highest BCUT2D eigenvalue weighted by atomic mass is 16.5. The van der Waals surface area contributed by atoms with E-state index in [0.29, 0.717) is 0 Å². The summed E-state index contributed by atoms with van der Waals surface area (Å²) in [5.74, 6) is 0. The third-order valence-electron chi connectivity index (χ3n) is 4.69. The largest absolute Gasteiger partial charge is 0.376 e. The van der Waals surface area contributed by atoms with Crippen molar-refractivity contribution >= 4 is 0 Å². The molecule has 1 aliphatic carbocycles. The second-order valence-electron chi connectivity index (χ2n) is 6.19. The van der Waals surface area contributed by atoms with E-state index in [1.807, 2.05) is 0 Å². The van der Waals surface area contributed by atoms with E-state index in [4.69, 9.17) is 4.74 Å². The van der Waals surface area contributed by atoms with E-state index in [9.17, 15) is 0 Å². The summed E-state index contributed by atoms with van der Waals surface area (Å²) in [6.07, 6.45) is 6.53. The summed E-state index contributed by atoms with van der Waals surface area (Å²) >= 11 is 0. The van der Waals surface area contributed by atoms with Crippen molar-refractivity contribution in [3.63, 3.8) is 0 Å². The molecule has 0 unspecified atom stereocenters. The zero-order chi connectivity index (χ0) is 14.4. The first-order valence-corrected chi connectivity index (χ1v) is 8.06. The summed E-state index contributed by atoms with van der Waals surface area (Å²) in [4.78, 5) is 0. The van der Waals surface area contributed by atoms with Crippen LogP contribution in [-0.4, -0.2) is 6.61 Å². The quantitative estimate of drug-likeness (QED) is 0.740. The number of hydrogen-bond acceptors (Lipinski definition) is 1. The highest BCUT2D eigenvalue weighted by Crippen LogP contribution is 2.39. The Morgan fingerprint density at radius 2 is 1.38 bits per heavy atom. The van der Waals surface area contributed by atoms with Gasteiger partial charge in [0.2, 0.25) is 0 Å². The fourth-order valence-electron chi connectivity index (χ4n) is 3.48. The van der Waals surface area contributed by atoms with Gasteiger partial charge in [0.25, 0.3) is 0 Å². The maximum atomic E-state index is 6.12. The van der Waals surface area contributed by atoms with Crippen molar-refractivity contribution in [2.24, 2.45) is 0 Å². The fraction of sp³-hybridized carbons (Fsp3) is 0.400. The van der Waals surface area contributed by atoms with E-state index in [1.54, 1.807) is 0 Å². The normalized spacial score (nSPS) is 17.5. The molecule has 1 nitrogen and oxygen atoms in total. The molecule has 1 aliphatic rings. The Labute approximate surface area is 128 Å². The van der Waals surface area contributed by atoms with E-state index in [-0.39, 0.29) is 5.41 Å². The Morgan fingerprint density at radius 1 is 0.762 bits per heavy atom. The van der Waals surface area contributed by atoms with Crippen LogP contribution in [0.15, 0.2) is 60.7 Å². The lowest BCUT2D eigenvalue weighted by Crippen LogP contribution is -2.34. The number of hydrogen-bond donors (Lipinski definition) is 0. The van der Waals surface area contributed by atoms with Crippen molar-refractivity contribution in [1.29, 1.82) is 0 Å². The number of ether oxygens (including phenoxy) is 1. The summed E-state index contributed by atoms with van der Waals surface area (Å²) < 4.78 is 6.12. The van der Waals surface area contributed by atoms with Gasteiger partial charge in [0.05, 0.1) is 13.2 Å². The molecule has 0 radical (unpaired) electrons. The zero-order valence-electron chi connectivity index (χ0n) is 12.6. The molecule has 0 heterocycles. The van der Waals surface area contributed by atoms with Crippen molar-refractivity contribution in [1.82, 2.24) is 0 Å². The lowest BCUT2D eigenvalue weighted by Gasteiger charge is -2.37. The Hall–Kier alpha value is -1.60. The molecule has 1 fully saturated rings. The van der Waals surface area contributed by atoms with Gasteiger partial charge >= 0.3 is 0 Å².